The van der Waals surface area contributed by atoms with Crippen molar-refractivity contribution >= 4 is 20.9 Å². The van der Waals surface area contributed by atoms with E-state index in [-0.39, 0.29) is 16.5 Å². The maximum Gasteiger partial charge on any atom is 0.294 e. The second kappa shape index (κ2) is 9.44. The van der Waals surface area contributed by atoms with Crippen LogP contribution in [0.25, 0.3) is 21.9 Å². The number of methoxy groups -OCH3 is 1. The summed E-state index contributed by atoms with van der Waals surface area (Å²) in [6.07, 6.45) is 0. The molecule has 0 amide bonds. The lowest BCUT2D eigenvalue weighted by molar-refractivity contribution is 0.368. The number of hydrogen-bond donors (Lipinski definition) is 1. The molecule has 0 aliphatic rings. The number of halogens is 8. The predicted octanol–water partition coefficient (Wildman–Crippen LogP) is 6.98. The van der Waals surface area contributed by atoms with Crippen LogP contribution in [0.15, 0.2) is 35.2 Å². The zero-order chi connectivity index (χ0) is 28.3. The molecule has 0 aromatic heterocycles. The van der Waals surface area contributed by atoms with Gasteiger partial charge in [0.25, 0.3) is 10.1 Å². The summed E-state index contributed by atoms with van der Waals surface area (Å²) in [6, 6.07) is 5.06. The van der Waals surface area contributed by atoms with Crippen LogP contribution < -0.4 is 9.47 Å². The van der Waals surface area contributed by atoms with E-state index in [1.165, 1.54) is 13.2 Å². The summed E-state index contributed by atoms with van der Waals surface area (Å²) < 4.78 is 159. The lowest BCUT2D eigenvalue weighted by Crippen LogP contribution is -2.09. The molecular weight excluding hydrogens is 552 g/mol. The smallest absolute Gasteiger partial charge is 0.294 e. The minimum Gasteiger partial charge on any atom is -0.496 e. The second-order valence-electron chi connectivity index (χ2n) is 7.77. The summed E-state index contributed by atoms with van der Waals surface area (Å²) >= 11 is 0. The van der Waals surface area contributed by atoms with Gasteiger partial charge in [0.15, 0.2) is 34.9 Å². The van der Waals surface area contributed by atoms with Crippen LogP contribution in [0.4, 0.5) is 35.1 Å². The van der Waals surface area contributed by atoms with E-state index < -0.39 is 89.7 Å². The highest BCUT2D eigenvalue weighted by Crippen LogP contribution is 2.43. The largest absolute Gasteiger partial charge is 0.496 e. The molecule has 0 unspecified atom stereocenters. The van der Waals surface area contributed by atoms with E-state index in [0.29, 0.717) is 6.92 Å². The van der Waals surface area contributed by atoms with Crippen molar-refractivity contribution in [3.8, 4) is 28.4 Å². The zero-order valence-electron chi connectivity index (χ0n) is 18.9. The Labute approximate surface area is 208 Å². The van der Waals surface area contributed by atoms with E-state index >= 15 is 0 Å². The van der Waals surface area contributed by atoms with Crippen LogP contribution in [0.1, 0.15) is 5.56 Å². The van der Waals surface area contributed by atoms with Crippen LogP contribution in [0, 0.1) is 53.5 Å². The van der Waals surface area contributed by atoms with Gasteiger partial charge in [-0.05, 0) is 37.3 Å². The van der Waals surface area contributed by atoms with Crippen LogP contribution in [-0.4, -0.2) is 20.1 Å². The summed E-state index contributed by atoms with van der Waals surface area (Å²) in [7, 11) is -3.56. The minimum absolute atomic E-state index is 0.0746. The molecule has 0 saturated heterocycles. The number of hydrogen-bond acceptors (Lipinski definition) is 4. The summed E-state index contributed by atoms with van der Waals surface area (Å²) in [6.45, 7) is 0.623. The van der Waals surface area contributed by atoms with Crippen molar-refractivity contribution in [2.45, 2.75) is 11.8 Å². The van der Waals surface area contributed by atoms with Crippen molar-refractivity contribution in [2.75, 3.05) is 7.11 Å². The van der Waals surface area contributed by atoms with Gasteiger partial charge in [0.05, 0.1) is 23.1 Å². The quantitative estimate of drug-likeness (QED) is 0.161. The molecule has 0 fully saturated rings. The molecule has 5 nitrogen and oxygen atoms in total. The van der Waals surface area contributed by atoms with Gasteiger partial charge >= 0.3 is 0 Å². The first-order chi connectivity index (χ1) is 17.7. The lowest BCUT2D eigenvalue weighted by Gasteiger charge is -2.16. The Kier molecular flexibility index (Phi) is 6.74. The Hall–Kier alpha value is -3.91. The molecule has 0 heterocycles. The first kappa shape index (κ1) is 27.1. The van der Waals surface area contributed by atoms with Crippen molar-refractivity contribution in [3.05, 3.63) is 82.4 Å². The Balaban J connectivity index is 1.97. The van der Waals surface area contributed by atoms with Crippen LogP contribution in [0.5, 0.6) is 17.2 Å². The van der Waals surface area contributed by atoms with Gasteiger partial charge in [-0.3, -0.25) is 4.55 Å². The predicted molar refractivity (Wildman–Crippen MR) is 117 cm³/mol. The fraction of sp³-hybridized carbons (Fsp3) is 0.0833. The molecule has 38 heavy (non-hydrogen) atoms. The van der Waals surface area contributed by atoms with Crippen molar-refractivity contribution < 1.29 is 57.6 Å². The first-order valence-corrected chi connectivity index (χ1v) is 11.6. The molecule has 0 radical (unpaired) electrons. The third-order valence-corrected chi connectivity index (χ3v) is 6.44. The number of ether oxygens (including phenoxy) is 2. The molecule has 0 saturated carbocycles. The SMILES string of the molecule is COc1ccc(Oc2c(F)c(F)c(-c3c(F)c(F)c(C)c(F)c3F)c(F)c2F)c2cc(S(=O)(=O)O)ccc12. The van der Waals surface area contributed by atoms with Gasteiger partial charge in [0, 0.05) is 16.3 Å². The monoisotopic (exact) mass is 564 g/mol. The van der Waals surface area contributed by atoms with Crippen molar-refractivity contribution in [1.82, 2.24) is 0 Å². The van der Waals surface area contributed by atoms with Gasteiger partial charge in [-0.2, -0.15) is 17.2 Å². The molecule has 0 aliphatic carbocycles. The summed E-state index contributed by atoms with van der Waals surface area (Å²) in [5.74, 6) is -20.5. The Morgan fingerprint density at radius 1 is 0.658 bits per heavy atom. The maximum atomic E-state index is 14.9. The van der Waals surface area contributed by atoms with Crippen LogP contribution >= 0.6 is 0 Å². The van der Waals surface area contributed by atoms with E-state index in [1.54, 1.807) is 0 Å². The maximum absolute atomic E-state index is 14.9. The highest BCUT2D eigenvalue weighted by molar-refractivity contribution is 7.85. The van der Waals surface area contributed by atoms with Crippen molar-refractivity contribution in [1.29, 1.82) is 0 Å². The van der Waals surface area contributed by atoms with E-state index in [4.69, 9.17) is 9.47 Å². The van der Waals surface area contributed by atoms with Crippen molar-refractivity contribution in [2.24, 2.45) is 0 Å². The van der Waals surface area contributed by atoms with Gasteiger partial charge in [0.2, 0.25) is 17.4 Å². The molecule has 14 heteroatoms. The number of benzene rings is 4. The molecule has 1 N–H and O–H groups in total. The molecule has 4 aromatic carbocycles. The molecule has 200 valence electrons. The second-order valence-corrected chi connectivity index (χ2v) is 9.19. The van der Waals surface area contributed by atoms with Gasteiger partial charge in [-0.25, -0.2) is 26.3 Å². The Morgan fingerprint density at radius 2 is 1.13 bits per heavy atom. The summed E-state index contributed by atoms with van der Waals surface area (Å²) in [5, 5.41) is -0.187. The fourth-order valence-electron chi connectivity index (χ4n) is 3.69. The van der Waals surface area contributed by atoms with E-state index in [1.807, 2.05) is 0 Å². The van der Waals surface area contributed by atoms with Crippen LogP contribution in [0.2, 0.25) is 0 Å². The lowest BCUT2D eigenvalue weighted by atomic mass is 9.99. The summed E-state index contributed by atoms with van der Waals surface area (Å²) in [4.78, 5) is -0.689. The molecule has 0 atom stereocenters. The molecule has 4 aromatic rings. The Morgan fingerprint density at radius 3 is 1.61 bits per heavy atom. The van der Waals surface area contributed by atoms with E-state index in [9.17, 15) is 48.1 Å². The summed E-state index contributed by atoms with van der Waals surface area (Å²) in [5.41, 5.74) is -5.29. The average Bonchev–Trinajstić information content (AvgIpc) is 2.88. The normalized spacial score (nSPS) is 11.8. The molecule has 0 bridgehead atoms. The van der Waals surface area contributed by atoms with Crippen molar-refractivity contribution in [3.63, 3.8) is 0 Å². The molecular formula is C24H12F8O5S. The van der Waals surface area contributed by atoms with Gasteiger partial charge in [-0.1, -0.05) is 0 Å². The van der Waals surface area contributed by atoms with E-state index in [2.05, 4.69) is 0 Å². The minimum atomic E-state index is -4.78. The average molecular weight is 564 g/mol. The fourth-order valence-corrected chi connectivity index (χ4v) is 4.20. The first-order valence-electron chi connectivity index (χ1n) is 10.2. The third-order valence-electron chi connectivity index (χ3n) is 5.59. The van der Waals surface area contributed by atoms with Crippen LogP contribution in [0.3, 0.4) is 0 Å². The number of rotatable bonds is 5. The topological polar surface area (TPSA) is 72.8 Å². The molecule has 0 spiro atoms. The standard InChI is InChI=1S/C24H12F8O5S/c1-8-16(25)18(27)14(19(28)17(8)26)15-20(29)22(31)24(23(32)21(15)30)37-13-6-5-12(36-2)10-4-3-9(7-11(10)13)38(33,34)35/h3-7H,1-2H3,(H,33,34,35). The van der Waals surface area contributed by atoms with Gasteiger partial charge in [0.1, 0.15) is 11.5 Å². The van der Waals surface area contributed by atoms with E-state index in [0.717, 1.165) is 24.3 Å². The van der Waals surface area contributed by atoms with Crippen LogP contribution in [-0.2, 0) is 10.1 Å². The number of fused-ring (bicyclic) bond motifs is 1. The Bertz CT molecular complexity index is 1700. The zero-order valence-corrected chi connectivity index (χ0v) is 19.7. The van der Waals surface area contributed by atoms with Gasteiger partial charge < -0.3 is 9.47 Å². The molecule has 0 aliphatic heterocycles. The highest BCUT2D eigenvalue weighted by atomic mass is 32.2. The third kappa shape index (κ3) is 4.19. The molecule has 4 rings (SSSR count). The van der Waals surface area contributed by atoms with Gasteiger partial charge in [-0.15, -0.1) is 0 Å². The highest BCUT2D eigenvalue weighted by Gasteiger charge is 2.34.